The number of nitrogens with zero attached hydrogens (tertiary/aromatic N) is 2. The van der Waals surface area contributed by atoms with Gasteiger partial charge in [-0.05, 0) is 50.3 Å². The molecule has 1 N–H and O–H groups in total. The maximum atomic E-state index is 13.5. The molecule has 154 valence electrons. The number of ether oxygens (including phenoxy) is 1. The van der Waals surface area contributed by atoms with Gasteiger partial charge in [0.25, 0.3) is 0 Å². The molecule has 3 aliphatic rings. The highest BCUT2D eigenvalue weighted by Crippen LogP contribution is 2.35. The van der Waals surface area contributed by atoms with E-state index in [2.05, 4.69) is 46.3 Å². The summed E-state index contributed by atoms with van der Waals surface area (Å²) in [5, 5.41) is 3.46. The lowest BCUT2D eigenvalue weighted by Crippen LogP contribution is -2.63. The minimum Gasteiger partial charge on any atom is -0.379 e. The van der Waals surface area contributed by atoms with E-state index in [-0.39, 0.29) is 11.4 Å². The van der Waals surface area contributed by atoms with Gasteiger partial charge in [0.05, 0.1) is 13.2 Å². The average Bonchev–Trinajstić information content (AvgIpc) is 2.75. The highest BCUT2D eigenvalue weighted by atomic mass is 16.5. The summed E-state index contributed by atoms with van der Waals surface area (Å²) in [7, 11) is 0. The van der Waals surface area contributed by atoms with Gasteiger partial charge in [-0.2, -0.15) is 0 Å². The van der Waals surface area contributed by atoms with Crippen LogP contribution >= 0.6 is 0 Å². The van der Waals surface area contributed by atoms with E-state index in [1.807, 2.05) is 0 Å². The van der Waals surface area contributed by atoms with Crippen LogP contribution in [0.3, 0.4) is 0 Å². The van der Waals surface area contributed by atoms with Crippen LogP contribution in [0.2, 0.25) is 0 Å². The van der Waals surface area contributed by atoms with Crippen LogP contribution < -0.4 is 10.2 Å². The van der Waals surface area contributed by atoms with Gasteiger partial charge in [0.15, 0.2) is 0 Å². The smallest absolute Gasteiger partial charge is 0.240 e. The molecule has 0 bridgehead atoms. The Morgan fingerprint density at radius 1 is 1.07 bits per heavy atom. The van der Waals surface area contributed by atoms with Crippen LogP contribution in [-0.4, -0.2) is 61.8 Å². The summed E-state index contributed by atoms with van der Waals surface area (Å²) in [4.78, 5) is 18.4. The van der Waals surface area contributed by atoms with E-state index in [9.17, 15) is 4.79 Å². The summed E-state index contributed by atoms with van der Waals surface area (Å²) in [5.41, 5.74) is 2.31. The topological polar surface area (TPSA) is 44.8 Å². The van der Waals surface area contributed by atoms with Crippen molar-refractivity contribution in [2.45, 2.75) is 63.5 Å². The van der Waals surface area contributed by atoms with Crippen molar-refractivity contribution in [1.29, 1.82) is 0 Å². The number of carbonyl (C=O) groups excluding carboxylic acids is 1. The van der Waals surface area contributed by atoms with Crippen molar-refractivity contribution in [2.75, 3.05) is 44.3 Å². The molecular weight excluding hydrogens is 350 g/mol. The Kier molecular flexibility index (Phi) is 6.22. The van der Waals surface area contributed by atoms with Gasteiger partial charge in [0.2, 0.25) is 5.91 Å². The number of morpholine rings is 1. The number of benzene rings is 1. The van der Waals surface area contributed by atoms with Crippen LogP contribution in [0.4, 0.5) is 5.69 Å². The molecular formula is C23H35N3O2. The number of rotatable bonds is 4. The zero-order valence-corrected chi connectivity index (χ0v) is 17.3. The second-order valence-electron chi connectivity index (χ2n) is 8.77. The summed E-state index contributed by atoms with van der Waals surface area (Å²) in [6.07, 6.45) is 7.64. The van der Waals surface area contributed by atoms with Crippen molar-refractivity contribution in [2.24, 2.45) is 0 Å². The first-order chi connectivity index (χ1) is 13.7. The summed E-state index contributed by atoms with van der Waals surface area (Å²) in [6, 6.07) is 9.03. The molecule has 0 unspecified atom stereocenters. The zero-order valence-electron chi connectivity index (χ0n) is 17.3. The zero-order chi connectivity index (χ0) is 19.4. The number of hydrogen-bond acceptors (Lipinski definition) is 4. The van der Waals surface area contributed by atoms with Crippen LogP contribution in [-0.2, 0) is 9.53 Å². The van der Waals surface area contributed by atoms with Crippen LogP contribution in [0.5, 0.6) is 0 Å². The normalized spacial score (nSPS) is 24.1. The molecule has 5 heteroatoms. The average molecular weight is 386 g/mol. The lowest BCUT2D eigenvalue weighted by Gasteiger charge is -2.47. The molecule has 2 heterocycles. The van der Waals surface area contributed by atoms with Gasteiger partial charge in [-0.25, -0.2) is 0 Å². The molecule has 1 aromatic rings. The van der Waals surface area contributed by atoms with Crippen LogP contribution in [0.25, 0.3) is 0 Å². The Bertz CT molecular complexity index is 658. The predicted molar refractivity (Wildman–Crippen MR) is 113 cm³/mol. The Morgan fingerprint density at radius 3 is 2.46 bits per heavy atom. The lowest BCUT2D eigenvalue weighted by molar-refractivity contribution is -0.141. The number of carbonyl (C=O) groups is 1. The van der Waals surface area contributed by atoms with Gasteiger partial charge < -0.3 is 15.0 Å². The van der Waals surface area contributed by atoms with Crippen LogP contribution in [0.1, 0.15) is 50.5 Å². The van der Waals surface area contributed by atoms with E-state index >= 15 is 0 Å². The van der Waals surface area contributed by atoms with Gasteiger partial charge in [0, 0.05) is 37.9 Å². The third-order valence-electron chi connectivity index (χ3n) is 6.92. The first kappa shape index (κ1) is 19.7. The Morgan fingerprint density at radius 2 is 1.79 bits per heavy atom. The minimum atomic E-state index is -0.296. The van der Waals surface area contributed by atoms with Crippen molar-refractivity contribution in [3.05, 3.63) is 29.8 Å². The molecule has 2 aliphatic heterocycles. The number of hydrogen-bond donors (Lipinski definition) is 1. The van der Waals surface area contributed by atoms with E-state index in [0.717, 1.165) is 77.9 Å². The molecule has 1 amide bonds. The summed E-state index contributed by atoms with van der Waals surface area (Å²) in [6.45, 7) is 7.45. The molecule has 0 radical (unpaired) electrons. The first-order valence-corrected chi connectivity index (χ1v) is 11.1. The molecule has 2 saturated heterocycles. The largest absolute Gasteiger partial charge is 0.379 e. The van der Waals surface area contributed by atoms with E-state index in [0.29, 0.717) is 6.04 Å². The van der Waals surface area contributed by atoms with Crippen molar-refractivity contribution in [1.82, 2.24) is 10.2 Å². The lowest BCUT2D eigenvalue weighted by atomic mass is 9.78. The second kappa shape index (κ2) is 8.83. The fraction of sp³-hybridized carbons (Fsp3) is 0.696. The minimum absolute atomic E-state index is 0.281. The highest BCUT2D eigenvalue weighted by Gasteiger charge is 2.45. The number of amides is 1. The SMILES string of the molecule is Cc1cccc(N2CCC(NC(=O)C3(N4CCOCC4)CCCCC3)CC2)c1. The fourth-order valence-corrected chi connectivity index (χ4v) is 5.24. The number of aryl methyl sites for hydroxylation is 1. The van der Waals surface area contributed by atoms with Crippen molar-refractivity contribution < 1.29 is 9.53 Å². The van der Waals surface area contributed by atoms with Crippen molar-refractivity contribution >= 4 is 11.6 Å². The highest BCUT2D eigenvalue weighted by molar-refractivity contribution is 5.86. The predicted octanol–water partition coefficient (Wildman–Crippen LogP) is 3.12. The van der Waals surface area contributed by atoms with Crippen molar-refractivity contribution in [3.63, 3.8) is 0 Å². The second-order valence-corrected chi connectivity index (χ2v) is 8.77. The molecule has 0 spiro atoms. The number of nitrogens with one attached hydrogen (secondary N) is 1. The molecule has 1 aromatic carbocycles. The van der Waals surface area contributed by atoms with E-state index in [1.54, 1.807) is 0 Å². The van der Waals surface area contributed by atoms with E-state index in [1.165, 1.54) is 17.7 Å². The van der Waals surface area contributed by atoms with Gasteiger partial charge in [0.1, 0.15) is 5.54 Å². The molecule has 0 aromatic heterocycles. The Hall–Kier alpha value is -1.59. The summed E-state index contributed by atoms with van der Waals surface area (Å²) < 4.78 is 5.55. The molecule has 28 heavy (non-hydrogen) atoms. The van der Waals surface area contributed by atoms with Gasteiger partial charge in [-0.15, -0.1) is 0 Å². The van der Waals surface area contributed by atoms with Crippen LogP contribution in [0, 0.1) is 6.92 Å². The molecule has 1 saturated carbocycles. The van der Waals surface area contributed by atoms with E-state index < -0.39 is 0 Å². The standard InChI is InChI=1S/C23H35N3O2/c1-19-6-5-7-21(18-19)25-12-8-20(9-13-25)24-22(27)23(10-3-2-4-11-23)26-14-16-28-17-15-26/h5-7,18,20H,2-4,8-17H2,1H3,(H,24,27). The summed E-state index contributed by atoms with van der Waals surface area (Å²) in [5.74, 6) is 0.281. The maximum absolute atomic E-state index is 13.5. The molecule has 1 aliphatic carbocycles. The van der Waals surface area contributed by atoms with Gasteiger partial charge >= 0.3 is 0 Å². The third-order valence-corrected chi connectivity index (χ3v) is 6.92. The Labute approximate surface area is 169 Å². The van der Waals surface area contributed by atoms with Gasteiger partial charge in [-0.1, -0.05) is 31.4 Å². The molecule has 5 nitrogen and oxygen atoms in total. The fourth-order valence-electron chi connectivity index (χ4n) is 5.24. The number of piperidine rings is 1. The van der Waals surface area contributed by atoms with Crippen LogP contribution in [0.15, 0.2) is 24.3 Å². The first-order valence-electron chi connectivity index (χ1n) is 11.1. The van der Waals surface area contributed by atoms with E-state index in [4.69, 9.17) is 4.74 Å². The molecule has 0 atom stereocenters. The monoisotopic (exact) mass is 385 g/mol. The quantitative estimate of drug-likeness (QED) is 0.865. The maximum Gasteiger partial charge on any atom is 0.240 e. The Balaban J connectivity index is 1.37. The van der Waals surface area contributed by atoms with Gasteiger partial charge in [-0.3, -0.25) is 9.69 Å². The molecule has 3 fully saturated rings. The van der Waals surface area contributed by atoms with Crippen molar-refractivity contribution in [3.8, 4) is 0 Å². The summed E-state index contributed by atoms with van der Waals surface area (Å²) >= 11 is 0. The third kappa shape index (κ3) is 4.20. The number of anilines is 1. The molecule has 4 rings (SSSR count).